The first-order chi connectivity index (χ1) is 9.49. The number of hydrogen-bond acceptors (Lipinski definition) is 4. The van der Waals surface area contributed by atoms with Crippen LogP contribution in [-0.2, 0) is 16.0 Å². The molecule has 0 bridgehead atoms. The zero-order valence-corrected chi connectivity index (χ0v) is 12.6. The highest BCUT2D eigenvalue weighted by Crippen LogP contribution is 2.26. The molecule has 0 saturated carbocycles. The molecule has 4 nitrogen and oxygen atoms in total. The van der Waals surface area contributed by atoms with Gasteiger partial charge in [-0.2, -0.15) is 0 Å². The highest BCUT2D eigenvalue weighted by Gasteiger charge is 2.15. The van der Waals surface area contributed by atoms with Gasteiger partial charge in [0, 0.05) is 6.92 Å². The van der Waals surface area contributed by atoms with Gasteiger partial charge in [-0.1, -0.05) is 13.3 Å². The zero-order valence-electron chi connectivity index (χ0n) is 12.6. The molecule has 0 aliphatic heterocycles. The van der Waals surface area contributed by atoms with E-state index in [1.54, 1.807) is 19.1 Å². The van der Waals surface area contributed by atoms with Gasteiger partial charge < -0.3 is 9.47 Å². The number of hydrogen-bond donors (Lipinski definition) is 0. The second-order valence-corrected chi connectivity index (χ2v) is 4.69. The second-order valence-electron chi connectivity index (χ2n) is 4.69. The van der Waals surface area contributed by atoms with Crippen LogP contribution < -0.4 is 4.74 Å². The van der Waals surface area contributed by atoms with Gasteiger partial charge in [-0.3, -0.25) is 4.79 Å². The first kappa shape index (κ1) is 16.2. The lowest BCUT2D eigenvalue weighted by molar-refractivity contribution is -0.131. The molecule has 110 valence electrons. The first-order valence-corrected chi connectivity index (χ1v) is 6.98. The second kappa shape index (κ2) is 7.68. The normalized spacial score (nSPS) is 10.2. The molecule has 1 aromatic carbocycles. The van der Waals surface area contributed by atoms with Crippen LogP contribution in [0.4, 0.5) is 0 Å². The SMILES string of the molecule is CCCCc1cc(C(=O)OCC)c(C)cc1OC(C)=O. The third-order valence-electron chi connectivity index (χ3n) is 2.96. The van der Waals surface area contributed by atoms with Crippen molar-refractivity contribution in [2.45, 2.75) is 47.0 Å². The summed E-state index contributed by atoms with van der Waals surface area (Å²) in [4.78, 5) is 23.1. The molecule has 0 heterocycles. The van der Waals surface area contributed by atoms with Gasteiger partial charge in [-0.15, -0.1) is 0 Å². The predicted octanol–water partition coefficient (Wildman–Crippen LogP) is 3.44. The van der Waals surface area contributed by atoms with Gasteiger partial charge in [0.1, 0.15) is 5.75 Å². The molecule has 0 saturated heterocycles. The minimum Gasteiger partial charge on any atom is -0.462 e. The molecule has 0 N–H and O–H groups in total. The maximum Gasteiger partial charge on any atom is 0.338 e. The van der Waals surface area contributed by atoms with E-state index in [1.807, 2.05) is 6.92 Å². The topological polar surface area (TPSA) is 52.6 Å². The number of unbranched alkanes of at least 4 members (excludes halogenated alkanes) is 1. The Balaban J connectivity index is 3.16. The summed E-state index contributed by atoms with van der Waals surface area (Å²) >= 11 is 0. The lowest BCUT2D eigenvalue weighted by Gasteiger charge is -2.13. The number of rotatable bonds is 6. The van der Waals surface area contributed by atoms with Crippen molar-refractivity contribution >= 4 is 11.9 Å². The fourth-order valence-corrected chi connectivity index (χ4v) is 1.97. The Morgan fingerprint density at radius 3 is 2.45 bits per heavy atom. The van der Waals surface area contributed by atoms with Crippen LogP contribution in [0.5, 0.6) is 5.75 Å². The Morgan fingerprint density at radius 1 is 1.20 bits per heavy atom. The van der Waals surface area contributed by atoms with Gasteiger partial charge in [-0.05, 0) is 49.9 Å². The molecule has 1 aromatic rings. The molecule has 0 spiro atoms. The van der Waals surface area contributed by atoms with E-state index in [0.29, 0.717) is 17.9 Å². The van der Waals surface area contributed by atoms with Crippen LogP contribution in [0.25, 0.3) is 0 Å². The standard InChI is InChI=1S/C16H22O4/c1-5-7-8-13-10-14(16(18)19-6-2)11(3)9-15(13)20-12(4)17/h9-10H,5-8H2,1-4H3. The van der Waals surface area contributed by atoms with Crippen molar-refractivity contribution in [3.8, 4) is 5.75 Å². The predicted molar refractivity (Wildman–Crippen MR) is 77.1 cm³/mol. The van der Waals surface area contributed by atoms with Crippen LogP contribution in [0.2, 0.25) is 0 Å². The van der Waals surface area contributed by atoms with Gasteiger partial charge in [0.2, 0.25) is 0 Å². The molecule has 0 amide bonds. The molecule has 20 heavy (non-hydrogen) atoms. The lowest BCUT2D eigenvalue weighted by atomic mass is 10.00. The Bertz CT molecular complexity index is 491. The summed E-state index contributed by atoms with van der Waals surface area (Å²) in [5.41, 5.74) is 2.16. The summed E-state index contributed by atoms with van der Waals surface area (Å²) in [6, 6.07) is 3.51. The Hall–Kier alpha value is -1.84. The summed E-state index contributed by atoms with van der Waals surface area (Å²) in [7, 11) is 0. The largest absolute Gasteiger partial charge is 0.462 e. The van der Waals surface area contributed by atoms with E-state index in [2.05, 4.69) is 6.92 Å². The molecule has 4 heteroatoms. The molecule has 0 atom stereocenters. The molecule has 1 rings (SSSR count). The van der Waals surface area contributed by atoms with Crippen molar-refractivity contribution in [1.82, 2.24) is 0 Å². The van der Waals surface area contributed by atoms with Crippen molar-refractivity contribution in [1.29, 1.82) is 0 Å². The van der Waals surface area contributed by atoms with Gasteiger partial charge in [0.15, 0.2) is 0 Å². The third kappa shape index (κ3) is 4.37. The van der Waals surface area contributed by atoms with Crippen molar-refractivity contribution in [3.05, 3.63) is 28.8 Å². The number of carbonyl (C=O) groups excluding carboxylic acids is 2. The quantitative estimate of drug-likeness (QED) is 0.591. The third-order valence-corrected chi connectivity index (χ3v) is 2.96. The summed E-state index contributed by atoms with van der Waals surface area (Å²) in [6.45, 7) is 7.39. The highest BCUT2D eigenvalue weighted by atomic mass is 16.5. The van der Waals surface area contributed by atoms with E-state index in [-0.39, 0.29) is 11.9 Å². The van der Waals surface area contributed by atoms with Crippen molar-refractivity contribution in [3.63, 3.8) is 0 Å². The minimum atomic E-state index is -0.356. The Morgan fingerprint density at radius 2 is 1.90 bits per heavy atom. The maximum atomic E-state index is 11.9. The monoisotopic (exact) mass is 278 g/mol. The van der Waals surface area contributed by atoms with Gasteiger partial charge in [0.25, 0.3) is 0 Å². The van der Waals surface area contributed by atoms with E-state index >= 15 is 0 Å². The summed E-state index contributed by atoms with van der Waals surface area (Å²) in [5, 5.41) is 0. The molecule has 0 aliphatic carbocycles. The number of ether oxygens (including phenoxy) is 2. The minimum absolute atomic E-state index is 0.336. The van der Waals surface area contributed by atoms with Crippen LogP contribution in [-0.4, -0.2) is 18.5 Å². The molecule has 0 unspecified atom stereocenters. The number of esters is 2. The van der Waals surface area contributed by atoms with Crippen LogP contribution >= 0.6 is 0 Å². The Kier molecular flexibility index (Phi) is 6.22. The van der Waals surface area contributed by atoms with Crippen LogP contribution in [0.3, 0.4) is 0 Å². The van der Waals surface area contributed by atoms with Gasteiger partial charge in [-0.25, -0.2) is 4.79 Å². The van der Waals surface area contributed by atoms with Crippen LogP contribution in [0, 0.1) is 6.92 Å². The molecule has 0 aliphatic rings. The molecule has 0 radical (unpaired) electrons. The van der Waals surface area contributed by atoms with E-state index in [1.165, 1.54) is 6.92 Å². The van der Waals surface area contributed by atoms with Gasteiger partial charge in [0.05, 0.1) is 12.2 Å². The van der Waals surface area contributed by atoms with Crippen molar-refractivity contribution < 1.29 is 19.1 Å². The van der Waals surface area contributed by atoms with Crippen molar-refractivity contribution in [2.24, 2.45) is 0 Å². The summed E-state index contributed by atoms with van der Waals surface area (Å²) in [6.07, 6.45) is 2.77. The van der Waals surface area contributed by atoms with E-state index in [0.717, 1.165) is 30.4 Å². The smallest absolute Gasteiger partial charge is 0.338 e. The van der Waals surface area contributed by atoms with Crippen LogP contribution in [0.1, 0.15) is 55.1 Å². The molecular weight excluding hydrogens is 256 g/mol. The van der Waals surface area contributed by atoms with Crippen molar-refractivity contribution in [2.75, 3.05) is 6.61 Å². The lowest BCUT2D eigenvalue weighted by Crippen LogP contribution is -2.10. The average Bonchev–Trinajstić information content (AvgIpc) is 2.37. The van der Waals surface area contributed by atoms with E-state index in [4.69, 9.17) is 9.47 Å². The summed E-state index contributed by atoms with van der Waals surface area (Å²) < 4.78 is 10.3. The molecule has 0 fully saturated rings. The fourth-order valence-electron chi connectivity index (χ4n) is 1.97. The number of carbonyl (C=O) groups is 2. The molecule has 0 aromatic heterocycles. The number of benzene rings is 1. The van der Waals surface area contributed by atoms with Gasteiger partial charge >= 0.3 is 11.9 Å². The number of aryl methyl sites for hydroxylation is 2. The molecular formula is C16H22O4. The maximum absolute atomic E-state index is 11.9. The first-order valence-electron chi connectivity index (χ1n) is 6.98. The van der Waals surface area contributed by atoms with E-state index < -0.39 is 0 Å². The zero-order chi connectivity index (χ0) is 15.1. The fraction of sp³-hybridized carbons (Fsp3) is 0.500. The highest BCUT2D eigenvalue weighted by molar-refractivity contribution is 5.91. The van der Waals surface area contributed by atoms with E-state index in [9.17, 15) is 9.59 Å². The Labute approximate surface area is 120 Å². The summed E-state index contributed by atoms with van der Waals surface area (Å²) in [5.74, 6) is -0.153. The van der Waals surface area contributed by atoms with Crippen LogP contribution in [0.15, 0.2) is 12.1 Å². The average molecular weight is 278 g/mol.